The Hall–Kier alpha value is -2.12. The number of nitrogens with one attached hydrogen (secondary N) is 3. The molecule has 0 bridgehead atoms. The molecule has 4 N–H and O–H groups in total. The average molecular weight is 299 g/mol. The third-order valence-electron chi connectivity index (χ3n) is 3.24. The van der Waals surface area contributed by atoms with E-state index in [1.807, 2.05) is 0 Å². The summed E-state index contributed by atoms with van der Waals surface area (Å²) in [5, 5.41) is 16.5. The number of carboxylic acid groups (broad SMARTS) is 1. The SMILES string of the molecule is CCC(=O)N[C@@H](CCC(=O)N[C@H]1CCCNC1=O)C(=O)O. The molecule has 8 nitrogen and oxygen atoms in total. The van der Waals surface area contributed by atoms with Crippen molar-refractivity contribution in [2.75, 3.05) is 6.54 Å². The Morgan fingerprint density at radius 3 is 2.67 bits per heavy atom. The normalized spacial score (nSPS) is 19.3. The first kappa shape index (κ1) is 16.9. The van der Waals surface area contributed by atoms with Gasteiger partial charge in [0.15, 0.2) is 0 Å². The Kier molecular flexibility index (Phi) is 6.64. The summed E-state index contributed by atoms with van der Waals surface area (Å²) in [5.41, 5.74) is 0. The van der Waals surface area contributed by atoms with Crippen molar-refractivity contribution < 1.29 is 24.3 Å². The lowest BCUT2D eigenvalue weighted by atomic mass is 10.1. The van der Waals surface area contributed by atoms with Gasteiger partial charge in [-0.2, -0.15) is 0 Å². The molecule has 2 atom stereocenters. The average Bonchev–Trinajstić information content (AvgIpc) is 2.45. The van der Waals surface area contributed by atoms with E-state index in [9.17, 15) is 19.2 Å². The minimum atomic E-state index is -1.18. The van der Waals surface area contributed by atoms with Crippen molar-refractivity contribution in [3.8, 4) is 0 Å². The zero-order valence-electron chi connectivity index (χ0n) is 12.0. The third kappa shape index (κ3) is 5.80. The number of rotatable bonds is 7. The van der Waals surface area contributed by atoms with Crippen LogP contribution in [0.15, 0.2) is 0 Å². The van der Waals surface area contributed by atoms with Crippen LogP contribution in [-0.4, -0.2) is 47.4 Å². The number of piperidine rings is 1. The number of amides is 3. The number of hydrogen-bond donors (Lipinski definition) is 4. The van der Waals surface area contributed by atoms with Crippen molar-refractivity contribution in [2.24, 2.45) is 0 Å². The van der Waals surface area contributed by atoms with Gasteiger partial charge in [0.2, 0.25) is 17.7 Å². The van der Waals surface area contributed by atoms with Crippen molar-refractivity contribution in [3.63, 3.8) is 0 Å². The van der Waals surface area contributed by atoms with Crippen LogP contribution in [-0.2, 0) is 19.2 Å². The maximum atomic E-state index is 11.7. The van der Waals surface area contributed by atoms with Gasteiger partial charge in [0.1, 0.15) is 12.1 Å². The van der Waals surface area contributed by atoms with Crippen LogP contribution >= 0.6 is 0 Å². The van der Waals surface area contributed by atoms with E-state index in [-0.39, 0.29) is 31.1 Å². The molecule has 1 fully saturated rings. The molecule has 0 spiro atoms. The van der Waals surface area contributed by atoms with Gasteiger partial charge in [-0.15, -0.1) is 0 Å². The highest BCUT2D eigenvalue weighted by atomic mass is 16.4. The summed E-state index contributed by atoms with van der Waals surface area (Å²) in [6, 6.07) is -1.65. The molecule has 0 aromatic heterocycles. The van der Waals surface area contributed by atoms with E-state index in [4.69, 9.17) is 5.11 Å². The van der Waals surface area contributed by atoms with Gasteiger partial charge >= 0.3 is 5.97 Å². The molecular formula is C13H21N3O5. The second-order valence-electron chi connectivity index (χ2n) is 4.90. The van der Waals surface area contributed by atoms with Crippen LogP contribution in [0, 0.1) is 0 Å². The predicted molar refractivity (Wildman–Crippen MR) is 73.3 cm³/mol. The van der Waals surface area contributed by atoms with Gasteiger partial charge < -0.3 is 21.1 Å². The molecule has 0 radical (unpaired) electrons. The topological polar surface area (TPSA) is 125 Å². The van der Waals surface area contributed by atoms with Gasteiger partial charge in [-0.25, -0.2) is 4.79 Å². The summed E-state index contributed by atoms with van der Waals surface area (Å²) in [7, 11) is 0. The molecule has 1 aliphatic rings. The monoisotopic (exact) mass is 299 g/mol. The number of carbonyl (C=O) groups excluding carboxylic acids is 3. The van der Waals surface area contributed by atoms with Crippen molar-refractivity contribution in [3.05, 3.63) is 0 Å². The third-order valence-corrected chi connectivity index (χ3v) is 3.24. The smallest absolute Gasteiger partial charge is 0.326 e. The van der Waals surface area contributed by atoms with E-state index in [2.05, 4.69) is 16.0 Å². The highest BCUT2D eigenvalue weighted by molar-refractivity contribution is 5.88. The van der Waals surface area contributed by atoms with E-state index in [0.717, 1.165) is 6.42 Å². The Bertz CT molecular complexity index is 424. The highest BCUT2D eigenvalue weighted by Crippen LogP contribution is 2.05. The first-order valence-corrected chi connectivity index (χ1v) is 7.03. The van der Waals surface area contributed by atoms with E-state index in [0.29, 0.717) is 13.0 Å². The summed E-state index contributed by atoms with van der Waals surface area (Å²) in [4.78, 5) is 45.4. The van der Waals surface area contributed by atoms with E-state index < -0.39 is 24.0 Å². The van der Waals surface area contributed by atoms with E-state index in [1.165, 1.54) is 0 Å². The summed E-state index contributed by atoms with van der Waals surface area (Å²) in [5.74, 6) is -2.17. The minimum Gasteiger partial charge on any atom is -0.480 e. The van der Waals surface area contributed by atoms with Crippen LogP contribution in [0.2, 0.25) is 0 Å². The Balaban J connectivity index is 2.40. The van der Waals surface area contributed by atoms with Crippen molar-refractivity contribution in [1.29, 1.82) is 0 Å². The van der Waals surface area contributed by atoms with Crippen LogP contribution in [0.4, 0.5) is 0 Å². The second-order valence-corrected chi connectivity index (χ2v) is 4.90. The van der Waals surface area contributed by atoms with E-state index >= 15 is 0 Å². The molecular weight excluding hydrogens is 278 g/mol. The molecule has 21 heavy (non-hydrogen) atoms. The van der Waals surface area contributed by atoms with Crippen molar-refractivity contribution >= 4 is 23.7 Å². The molecule has 1 rings (SSSR count). The first-order valence-electron chi connectivity index (χ1n) is 7.03. The fourth-order valence-corrected chi connectivity index (χ4v) is 2.01. The molecule has 8 heteroatoms. The van der Waals surface area contributed by atoms with Crippen LogP contribution in [0.5, 0.6) is 0 Å². The zero-order chi connectivity index (χ0) is 15.8. The predicted octanol–water partition coefficient (Wildman–Crippen LogP) is -0.859. The summed E-state index contributed by atoms with van der Waals surface area (Å²) < 4.78 is 0. The highest BCUT2D eigenvalue weighted by Gasteiger charge is 2.25. The van der Waals surface area contributed by atoms with Crippen LogP contribution in [0.3, 0.4) is 0 Å². The first-order chi connectivity index (χ1) is 9.93. The maximum Gasteiger partial charge on any atom is 0.326 e. The van der Waals surface area contributed by atoms with Gasteiger partial charge in [-0.3, -0.25) is 14.4 Å². The van der Waals surface area contributed by atoms with Gasteiger partial charge in [0.25, 0.3) is 0 Å². The summed E-state index contributed by atoms with van der Waals surface area (Å²) >= 11 is 0. The van der Waals surface area contributed by atoms with Gasteiger partial charge in [-0.05, 0) is 19.3 Å². The fourth-order valence-electron chi connectivity index (χ4n) is 2.01. The molecule has 0 aromatic carbocycles. The molecule has 3 amide bonds. The number of carbonyl (C=O) groups is 4. The minimum absolute atomic E-state index is 0.0127. The molecule has 0 aromatic rings. The lowest BCUT2D eigenvalue weighted by Gasteiger charge is -2.23. The lowest BCUT2D eigenvalue weighted by Crippen LogP contribution is -2.50. The van der Waals surface area contributed by atoms with Crippen LogP contribution in [0.25, 0.3) is 0 Å². The van der Waals surface area contributed by atoms with Gasteiger partial charge in [-0.1, -0.05) is 6.92 Å². The maximum absolute atomic E-state index is 11.7. The zero-order valence-corrected chi connectivity index (χ0v) is 12.0. The fraction of sp³-hybridized carbons (Fsp3) is 0.692. The molecule has 118 valence electrons. The van der Waals surface area contributed by atoms with Crippen molar-refractivity contribution in [2.45, 2.75) is 51.1 Å². The van der Waals surface area contributed by atoms with Crippen LogP contribution < -0.4 is 16.0 Å². The standard InChI is InChI=1S/C13H21N3O5/c1-2-10(17)16-9(13(20)21)5-6-11(18)15-8-4-3-7-14-12(8)19/h8-9H,2-7H2,1H3,(H,14,19)(H,15,18)(H,16,17)(H,20,21)/t8-,9-/m0/s1. The molecule has 0 unspecified atom stereocenters. The Morgan fingerprint density at radius 1 is 1.38 bits per heavy atom. The quantitative estimate of drug-likeness (QED) is 0.487. The largest absolute Gasteiger partial charge is 0.480 e. The van der Waals surface area contributed by atoms with Gasteiger partial charge in [0.05, 0.1) is 0 Å². The number of hydrogen-bond acceptors (Lipinski definition) is 4. The molecule has 1 saturated heterocycles. The summed E-state index contributed by atoms with van der Waals surface area (Å²) in [6.07, 6.45) is 1.47. The van der Waals surface area contributed by atoms with Crippen LogP contribution in [0.1, 0.15) is 39.0 Å². The number of aliphatic carboxylic acids is 1. The number of carboxylic acids is 1. The van der Waals surface area contributed by atoms with Gasteiger partial charge in [0, 0.05) is 19.4 Å². The molecule has 1 aliphatic heterocycles. The Morgan fingerprint density at radius 2 is 2.10 bits per heavy atom. The Labute approximate surface area is 122 Å². The lowest BCUT2D eigenvalue weighted by molar-refractivity contribution is -0.142. The summed E-state index contributed by atoms with van der Waals surface area (Å²) in [6.45, 7) is 2.22. The van der Waals surface area contributed by atoms with Crippen molar-refractivity contribution in [1.82, 2.24) is 16.0 Å². The second kappa shape index (κ2) is 8.23. The van der Waals surface area contributed by atoms with E-state index in [1.54, 1.807) is 6.92 Å². The molecule has 1 heterocycles. The molecule has 0 aliphatic carbocycles. The molecule has 0 saturated carbocycles.